The van der Waals surface area contributed by atoms with Gasteiger partial charge in [0.2, 0.25) is 15.9 Å². The number of anilines is 1. The zero-order valence-electron chi connectivity index (χ0n) is 17.9. The van der Waals surface area contributed by atoms with E-state index in [1.165, 1.54) is 24.3 Å². The van der Waals surface area contributed by atoms with Crippen LogP contribution >= 0.6 is 11.6 Å². The van der Waals surface area contributed by atoms with Crippen LogP contribution < -0.4 is 15.8 Å². The number of carbonyl (C=O) groups is 1. The molecular formula is C22H28ClFN4O3S. The molecular weight excluding hydrogens is 455 g/mol. The van der Waals surface area contributed by atoms with Crippen LogP contribution in [0.15, 0.2) is 47.4 Å². The Kier molecular flexibility index (Phi) is 7.76. The van der Waals surface area contributed by atoms with E-state index in [-0.39, 0.29) is 35.2 Å². The van der Waals surface area contributed by atoms with Crippen molar-refractivity contribution in [2.45, 2.75) is 49.7 Å². The molecule has 1 fully saturated rings. The van der Waals surface area contributed by atoms with Crippen LogP contribution in [0, 0.1) is 5.82 Å². The second-order valence-electron chi connectivity index (χ2n) is 8.19. The maximum absolute atomic E-state index is 14.5. The molecule has 1 unspecified atom stereocenters. The lowest BCUT2D eigenvalue weighted by atomic mass is 9.99. The van der Waals surface area contributed by atoms with E-state index in [9.17, 15) is 17.6 Å². The molecule has 2 aromatic rings. The molecule has 0 spiro atoms. The molecule has 0 saturated carbocycles. The molecule has 4 N–H and O–H groups in total. The number of nitrogens with two attached hydrogens (primary N) is 2. The van der Waals surface area contributed by atoms with Crippen molar-refractivity contribution in [3.63, 3.8) is 0 Å². The predicted molar refractivity (Wildman–Crippen MR) is 123 cm³/mol. The summed E-state index contributed by atoms with van der Waals surface area (Å²) in [6.07, 6.45) is 1.89. The molecule has 174 valence electrons. The summed E-state index contributed by atoms with van der Waals surface area (Å²) in [6, 6.07) is 10.9. The van der Waals surface area contributed by atoms with Crippen LogP contribution in [-0.4, -0.2) is 44.4 Å². The van der Waals surface area contributed by atoms with Gasteiger partial charge in [-0.2, -0.15) is 0 Å². The number of primary amides is 1. The minimum atomic E-state index is -3.81. The first-order chi connectivity index (χ1) is 15.0. The van der Waals surface area contributed by atoms with Gasteiger partial charge < -0.3 is 10.6 Å². The average molecular weight is 483 g/mol. The zero-order chi connectivity index (χ0) is 23.5. The van der Waals surface area contributed by atoms with Crippen molar-refractivity contribution in [2.24, 2.45) is 10.9 Å². The van der Waals surface area contributed by atoms with Crippen molar-refractivity contribution in [2.75, 3.05) is 18.0 Å². The van der Waals surface area contributed by atoms with Crippen molar-refractivity contribution >= 4 is 33.2 Å². The fourth-order valence-electron chi connectivity index (χ4n) is 4.17. The van der Waals surface area contributed by atoms with Gasteiger partial charge >= 0.3 is 0 Å². The van der Waals surface area contributed by atoms with E-state index in [1.807, 2.05) is 6.92 Å². The number of rotatable bonds is 8. The molecule has 3 rings (SSSR count). The SMILES string of the molecule is CC(CC(N)=O)N1CCC(N(Cc2cc(Cl)ccc2F)c2ccc(S(N)(=O)=O)cc2)CC1. The lowest BCUT2D eigenvalue weighted by Crippen LogP contribution is -2.48. The number of nitrogens with zero attached hydrogens (tertiary/aromatic N) is 2. The van der Waals surface area contributed by atoms with Gasteiger partial charge in [-0.1, -0.05) is 11.6 Å². The Bertz CT molecular complexity index is 1060. The van der Waals surface area contributed by atoms with Gasteiger partial charge in [-0.05, 0) is 62.2 Å². The summed E-state index contributed by atoms with van der Waals surface area (Å²) in [4.78, 5) is 15.6. The van der Waals surface area contributed by atoms with E-state index in [2.05, 4.69) is 9.80 Å². The molecule has 1 amide bonds. The normalized spacial score (nSPS) is 16.6. The van der Waals surface area contributed by atoms with Crippen LogP contribution in [-0.2, 0) is 21.4 Å². The Balaban J connectivity index is 1.84. The highest BCUT2D eigenvalue weighted by molar-refractivity contribution is 7.89. The second kappa shape index (κ2) is 10.2. The molecule has 2 aromatic carbocycles. The topological polar surface area (TPSA) is 110 Å². The summed E-state index contributed by atoms with van der Waals surface area (Å²) in [7, 11) is -3.81. The number of hydrogen-bond donors (Lipinski definition) is 2. The van der Waals surface area contributed by atoms with Crippen LogP contribution in [0.1, 0.15) is 31.7 Å². The number of hydrogen-bond acceptors (Lipinski definition) is 5. The fraction of sp³-hybridized carbons (Fsp3) is 0.409. The zero-order valence-corrected chi connectivity index (χ0v) is 19.4. The monoisotopic (exact) mass is 482 g/mol. The van der Waals surface area contributed by atoms with E-state index in [1.54, 1.807) is 18.2 Å². The van der Waals surface area contributed by atoms with E-state index in [4.69, 9.17) is 22.5 Å². The third-order valence-corrected chi connectivity index (χ3v) is 7.07. The van der Waals surface area contributed by atoms with E-state index < -0.39 is 10.0 Å². The van der Waals surface area contributed by atoms with Gasteiger partial charge in [0.05, 0.1) is 4.90 Å². The Labute approximate surface area is 193 Å². The molecule has 1 saturated heterocycles. The molecule has 1 heterocycles. The minimum absolute atomic E-state index is 0.0187. The average Bonchev–Trinajstić information content (AvgIpc) is 2.73. The first kappa shape index (κ1) is 24.4. The lowest BCUT2D eigenvalue weighted by Gasteiger charge is -2.41. The van der Waals surface area contributed by atoms with Gasteiger partial charge in [0.1, 0.15) is 5.82 Å². The second-order valence-corrected chi connectivity index (χ2v) is 10.2. The third kappa shape index (κ3) is 6.19. The molecule has 0 aliphatic carbocycles. The minimum Gasteiger partial charge on any atom is -0.370 e. The standard InChI is InChI=1S/C22H28ClFN4O3S/c1-15(12-22(25)29)27-10-8-19(9-11-27)28(14-16-13-17(23)2-7-21(16)24)18-3-5-20(6-4-18)32(26,30)31/h2-7,13,15,19H,8-12,14H2,1H3,(H2,25,29)(H2,26,30,31). The fourth-order valence-corrected chi connectivity index (χ4v) is 4.88. The number of primary sulfonamides is 1. The Morgan fingerprint density at radius 3 is 2.41 bits per heavy atom. The highest BCUT2D eigenvalue weighted by Gasteiger charge is 2.28. The summed E-state index contributed by atoms with van der Waals surface area (Å²) < 4.78 is 37.7. The predicted octanol–water partition coefficient (Wildman–Crippen LogP) is 2.86. The Morgan fingerprint density at radius 2 is 1.84 bits per heavy atom. The highest BCUT2D eigenvalue weighted by Crippen LogP contribution is 2.29. The van der Waals surface area contributed by atoms with Crippen molar-refractivity contribution in [1.29, 1.82) is 0 Å². The van der Waals surface area contributed by atoms with Gasteiger partial charge in [0, 0.05) is 54.4 Å². The van der Waals surface area contributed by atoms with Crippen LogP contribution in [0.5, 0.6) is 0 Å². The molecule has 32 heavy (non-hydrogen) atoms. The van der Waals surface area contributed by atoms with Gasteiger partial charge in [0.15, 0.2) is 0 Å². The Hall–Kier alpha value is -2.20. The number of sulfonamides is 1. The summed E-state index contributed by atoms with van der Waals surface area (Å²) in [5.74, 6) is -0.680. The van der Waals surface area contributed by atoms with Crippen molar-refractivity contribution < 1.29 is 17.6 Å². The summed E-state index contributed by atoms with van der Waals surface area (Å²) in [5.41, 5.74) is 6.56. The van der Waals surface area contributed by atoms with Crippen LogP contribution in [0.25, 0.3) is 0 Å². The van der Waals surface area contributed by atoms with Crippen molar-refractivity contribution in [1.82, 2.24) is 4.90 Å². The number of piperidine rings is 1. The smallest absolute Gasteiger partial charge is 0.238 e. The van der Waals surface area contributed by atoms with E-state index in [0.29, 0.717) is 17.0 Å². The molecule has 0 bridgehead atoms. The first-order valence-electron chi connectivity index (χ1n) is 10.4. The van der Waals surface area contributed by atoms with Gasteiger partial charge in [-0.15, -0.1) is 0 Å². The van der Waals surface area contributed by atoms with Crippen molar-refractivity contribution in [3.8, 4) is 0 Å². The number of carbonyl (C=O) groups excluding carboxylic acids is 1. The number of halogens is 2. The summed E-state index contributed by atoms with van der Waals surface area (Å²) in [6.45, 7) is 3.80. The van der Waals surface area contributed by atoms with Crippen molar-refractivity contribution in [3.05, 3.63) is 58.9 Å². The van der Waals surface area contributed by atoms with Gasteiger partial charge in [-0.3, -0.25) is 9.69 Å². The van der Waals surface area contributed by atoms with E-state index in [0.717, 1.165) is 31.6 Å². The number of benzene rings is 2. The third-order valence-electron chi connectivity index (χ3n) is 5.91. The largest absolute Gasteiger partial charge is 0.370 e. The van der Waals surface area contributed by atoms with Crippen LogP contribution in [0.3, 0.4) is 0 Å². The maximum Gasteiger partial charge on any atom is 0.238 e. The molecule has 0 radical (unpaired) electrons. The van der Waals surface area contributed by atoms with Gasteiger partial charge in [-0.25, -0.2) is 17.9 Å². The molecule has 7 nitrogen and oxygen atoms in total. The highest BCUT2D eigenvalue weighted by atomic mass is 35.5. The quantitative estimate of drug-likeness (QED) is 0.601. The van der Waals surface area contributed by atoms with E-state index >= 15 is 0 Å². The summed E-state index contributed by atoms with van der Waals surface area (Å²) >= 11 is 6.09. The molecule has 0 aromatic heterocycles. The molecule has 1 aliphatic heterocycles. The molecule has 1 atom stereocenters. The number of amides is 1. The maximum atomic E-state index is 14.5. The van der Waals surface area contributed by atoms with Crippen LogP contribution in [0.2, 0.25) is 5.02 Å². The van der Waals surface area contributed by atoms with Gasteiger partial charge in [0.25, 0.3) is 0 Å². The van der Waals surface area contributed by atoms with Crippen LogP contribution in [0.4, 0.5) is 10.1 Å². The molecule has 1 aliphatic rings. The Morgan fingerprint density at radius 1 is 1.22 bits per heavy atom. The number of likely N-dealkylation sites (tertiary alicyclic amines) is 1. The summed E-state index contributed by atoms with van der Waals surface area (Å²) in [5, 5.41) is 5.67. The molecule has 10 heteroatoms. The lowest BCUT2D eigenvalue weighted by molar-refractivity contribution is -0.119. The first-order valence-corrected chi connectivity index (χ1v) is 12.3.